The van der Waals surface area contributed by atoms with Gasteiger partial charge in [-0.25, -0.2) is 4.79 Å². The van der Waals surface area contributed by atoms with Crippen molar-refractivity contribution in [3.8, 4) is 0 Å². The van der Waals surface area contributed by atoms with E-state index in [1.807, 2.05) is 18.2 Å². The number of carbonyl (C=O) groups excluding carboxylic acids is 5. The number of primary amides is 1. The van der Waals surface area contributed by atoms with Gasteiger partial charge in [-0.2, -0.15) is 0 Å². The molecule has 3 amide bonds. The Morgan fingerprint density at radius 1 is 1.09 bits per heavy atom. The molecular weight excluding hydrogens is 434 g/mol. The van der Waals surface area contributed by atoms with Crippen molar-refractivity contribution in [1.29, 1.82) is 0 Å². The lowest BCUT2D eigenvalue weighted by molar-refractivity contribution is -0.162. The molecule has 11 heteroatoms. The normalized spacial score (nSPS) is 17.1. The summed E-state index contributed by atoms with van der Waals surface area (Å²) in [5.74, 6) is -6.00. The van der Waals surface area contributed by atoms with Gasteiger partial charge < -0.3 is 25.3 Å². The van der Waals surface area contributed by atoms with E-state index >= 15 is 0 Å². The van der Waals surface area contributed by atoms with E-state index in [1.165, 1.54) is 11.8 Å². The lowest BCUT2D eigenvalue weighted by Gasteiger charge is -2.29. The molecule has 1 aromatic rings. The van der Waals surface area contributed by atoms with Crippen LogP contribution in [-0.2, 0) is 40.0 Å². The number of methoxy groups -OCH3 is 2. The number of likely N-dealkylation sites (tertiary alicyclic amines) is 1. The quantitative estimate of drug-likeness (QED) is 0.302. The number of nitrogens with one attached hydrogen (secondary N) is 1. The van der Waals surface area contributed by atoms with Crippen molar-refractivity contribution in [3.63, 3.8) is 0 Å². The van der Waals surface area contributed by atoms with E-state index in [-0.39, 0.29) is 6.61 Å². The Morgan fingerprint density at radius 3 is 2.24 bits per heavy atom. The molecule has 0 spiro atoms. The Kier molecular flexibility index (Phi) is 9.19. The average Bonchev–Trinajstić information content (AvgIpc) is 3.31. The second-order valence-electron chi connectivity index (χ2n) is 7.66. The molecule has 180 valence electrons. The highest BCUT2D eigenvalue weighted by molar-refractivity contribution is 5.97. The zero-order valence-electron chi connectivity index (χ0n) is 18.8. The molecule has 1 aliphatic rings. The molecule has 1 heterocycles. The van der Waals surface area contributed by atoms with Crippen LogP contribution in [0.25, 0.3) is 0 Å². The molecule has 0 aliphatic carbocycles. The molecule has 2 rings (SSSR count). The highest BCUT2D eigenvalue weighted by Gasteiger charge is 2.43. The van der Waals surface area contributed by atoms with Crippen molar-refractivity contribution in [2.75, 3.05) is 20.8 Å². The lowest BCUT2D eigenvalue weighted by atomic mass is 9.86. The highest BCUT2D eigenvalue weighted by atomic mass is 16.6. The zero-order valence-corrected chi connectivity index (χ0v) is 18.8. The molecule has 0 aromatic heterocycles. The largest absolute Gasteiger partial charge is 0.468 e. The van der Waals surface area contributed by atoms with Gasteiger partial charge in [-0.05, 0) is 18.4 Å². The fourth-order valence-corrected chi connectivity index (χ4v) is 3.74. The molecule has 1 fully saturated rings. The monoisotopic (exact) mass is 463 g/mol. The van der Waals surface area contributed by atoms with Gasteiger partial charge in [-0.1, -0.05) is 37.3 Å². The molecule has 0 radical (unpaired) electrons. The maximum atomic E-state index is 13.0. The van der Waals surface area contributed by atoms with Gasteiger partial charge in [0.25, 0.3) is 0 Å². The van der Waals surface area contributed by atoms with Gasteiger partial charge in [0.05, 0.1) is 14.2 Å². The second kappa shape index (κ2) is 11.8. The Morgan fingerprint density at radius 2 is 1.70 bits per heavy atom. The maximum absolute atomic E-state index is 13.0. The molecular formula is C22H29N3O8. The van der Waals surface area contributed by atoms with E-state index in [0.717, 1.165) is 19.8 Å². The van der Waals surface area contributed by atoms with Gasteiger partial charge >= 0.3 is 18.0 Å². The summed E-state index contributed by atoms with van der Waals surface area (Å²) in [6.45, 7) is 1.75. The average molecular weight is 463 g/mol. The number of rotatable bonds is 9. The molecule has 1 aliphatic heterocycles. The van der Waals surface area contributed by atoms with Crippen LogP contribution in [0.3, 0.4) is 0 Å². The Labute approximate surface area is 191 Å². The smallest absolute Gasteiger partial charge is 0.410 e. The van der Waals surface area contributed by atoms with Crippen LogP contribution in [0.15, 0.2) is 30.3 Å². The van der Waals surface area contributed by atoms with E-state index in [1.54, 1.807) is 12.1 Å². The standard InChI is InChI=1S/C22H29N3O8/c1-13(16(20(28)31-2)21(29)32-3)17(18(23)26)24-19(27)15-10-7-11-25(15)22(30)33-12-14-8-5-4-6-9-14/h4-6,8-9,13,15-17H,7,10-12H2,1-3H3,(H2,23,26)(H,24,27)/t13-,15-,17-/m1/s1. The Hall–Kier alpha value is -3.63. The van der Waals surface area contributed by atoms with Gasteiger partial charge in [0.2, 0.25) is 11.8 Å². The third kappa shape index (κ3) is 6.43. The van der Waals surface area contributed by atoms with Crippen LogP contribution in [0.1, 0.15) is 25.3 Å². The summed E-state index contributed by atoms with van der Waals surface area (Å²) in [5.41, 5.74) is 6.25. The predicted octanol–water partition coefficient (Wildman–Crippen LogP) is 0.356. The minimum atomic E-state index is -1.48. The second-order valence-corrected chi connectivity index (χ2v) is 7.66. The maximum Gasteiger partial charge on any atom is 0.410 e. The number of nitrogens with zero attached hydrogens (tertiary/aromatic N) is 1. The zero-order chi connectivity index (χ0) is 24.5. The summed E-state index contributed by atoms with van der Waals surface area (Å²) in [6.07, 6.45) is 0.244. The number of ether oxygens (including phenoxy) is 3. The molecule has 0 bridgehead atoms. The van der Waals surface area contributed by atoms with Gasteiger partial charge in [-0.3, -0.25) is 24.1 Å². The predicted molar refractivity (Wildman–Crippen MR) is 114 cm³/mol. The molecule has 33 heavy (non-hydrogen) atoms. The van der Waals surface area contributed by atoms with Crippen LogP contribution < -0.4 is 11.1 Å². The van der Waals surface area contributed by atoms with Crippen molar-refractivity contribution >= 4 is 29.8 Å². The third-order valence-corrected chi connectivity index (χ3v) is 5.56. The van der Waals surface area contributed by atoms with Crippen LogP contribution in [0.5, 0.6) is 0 Å². The number of esters is 2. The number of nitrogens with two attached hydrogens (primary N) is 1. The van der Waals surface area contributed by atoms with Crippen LogP contribution in [-0.4, -0.2) is 67.6 Å². The molecule has 3 atom stereocenters. The summed E-state index contributed by atoms with van der Waals surface area (Å²) < 4.78 is 14.6. The molecule has 1 saturated heterocycles. The summed E-state index contributed by atoms with van der Waals surface area (Å²) in [4.78, 5) is 63.1. The van der Waals surface area contributed by atoms with Crippen LogP contribution in [0.4, 0.5) is 4.79 Å². The number of hydrogen-bond acceptors (Lipinski definition) is 8. The van der Waals surface area contributed by atoms with Crippen molar-refractivity contribution in [1.82, 2.24) is 10.2 Å². The van der Waals surface area contributed by atoms with Crippen molar-refractivity contribution in [2.24, 2.45) is 17.6 Å². The van der Waals surface area contributed by atoms with Gasteiger partial charge in [-0.15, -0.1) is 0 Å². The summed E-state index contributed by atoms with van der Waals surface area (Å²) in [6, 6.07) is 6.80. The molecule has 0 saturated carbocycles. The van der Waals surface area contributed by atoms with Crippen LogP contribution in [0, 0.1) is 11.8 Å². The highest BCUT2D eigenvalue weighted by Crippen LogP contribution is 2.22. The first-order valence-corrected chi connectivity index (χ1v) is 10.4. The Balaban J connectivity index is 2.10. The molecule has 1 aromatic carbocycles. The first kappa shape index (κ1) is 25.6. The van der Waals surface area contributed by atoms with E-state index in [0.29, 0.717) is 19.4 Å². The molecule has 3 N–H and O–H groups in total. The summed E-state index contributed by atoms with van der Waals surface area (Å²) in [5, 5.41) is 2.48. The summed E-state index contributed by atoms with van der Waals surface area (Å²) in [7, 11) is 2.17. The number of hydrogen-bond donors (Lipinski definition) is 2. The van der Waals surface area contributed by atoms with Gasteiger partial charge in [0, 0.05) is 12.5 Å². The minimum Gasteiger partial charge on any atom is -0.468 e. The molecule has 11 nitrogen and oxygen atoms in total. The van der Waals surface area contributed by atoms with Crippen LogP contribution in [0.2, 0.25) is 0 Å². The van der Waals surface area contributed by atoms with E-state index in [2.05, 4.69) is 14.8 Å². The fourth-order valence-electron chi connectivity index (χ4n) is 3.74. The summed E-state index contributed by atoms with van der Waals surface area (Å²) >= 11 is 0. The minimum absolute atomic E-state index is 0.0470. The van der Waals surface area contributed by atoms with E-state index in [4.69, 9.17) is 10.5 Å². The number of carbonyl (C=O) groups is 5. The van der Waals surface area contributed by atoms with Crippen LogP contribution >= 0.6 is 0 Å². The third-order valence-electron chi connectivity index (χ3n) is 5.56. The van der Waals surface area contributed by atoms with E-state index in [9.17, 15) is 24.0 Å². The topological polar surface area (TPSA) is 154 Å². The fraction of sp³-hybridized carbons (Fsp3) is 0.500. The van der Waals surface area contributed by atoms with Crippen molar-refractivity contribution in [3.05, 3.63) is 35.9 Å². The SMILES string of the molecule is COC(=O)C(C(=O)OC)[C@@H](C)[C@@H](NC(=O)[C@H]1CCCN1C(=O)OCc1ccccc1)C(N)=O. The van der Waals surface area contributed by atoms with Crippen molar-refractivity contribution in [2.45, 2.75) is 38.5 Å². The van der Waals surface area contributed by atoms with Crippen molar-refractivity contribution < 1.29 is 38.2 Å². The lowest BCUT2D eigenvalue weighted by Crippen LogP contribution is -2.56. The van der Waals surface area contributed by atoms with Gasteiger partial charge in [0.15, 0.2) is 5.92 Å². The first-order valence-electron chi connectivity index (χ1n) is 10.4. The van der Waals surface area contributed by atoms with E-state index < -0.39 is 53.8 Å². The number of benzene rings is 1. The van der Waals surface area contributed by atoms with Gasteiger partial charge in [0.1, 0.15) is 18.7 Å². The first-order chi connectivity index (χ1) is 15.7. The number of amides is 3. The Bertz CT molecular complexity index is 860. The molecule has 0 unspecified atom stereocenters.